The summed E-state index contributed by atoms with van der Waals surface area (Å²) in [4.78, 5) is 29.1. The van der Waals surface area contributed by atoms with Gasteiger partial charge in [-0.1, -0.05) is 0 Å². The molecule has 3 heterocycles. The van der Waals surface area contributed by atoms with Crippen LogP contribution in [0.2, 0.25) is 0 Å². The molecule has 0 spiro atoms. The lowest BCUT2D eigenvalue weighted by atomic mass is 9.96. The molecule has 4 rings (SSSR count). The first-order chi connectivity index (χ1) is 13.5. The number of benzene rings is 1. The van der Waals surface area contributed by atoms with Gasteiger partial charge < -0.3 is 14.5 Å². The van der Waals surface area contributed by atoms with Gasteiger partial charge in [-0.2, -0.15) is 0 Å². The summed E-state index contributed by atoms with van der Waals surface area (Å²) in [7, 11) is 1.61. The summed E-state index contributed by atoms with van der Waals surface area (Å²) in [5.74, 6) is 0.960. The number of rotatable bonds is 4. The lowest BCUT2D eigenvalue weighted by Crippen LogP contribution is -2.42. The number of methoxy groups -OCH3 is 1. The molecule has 2 aromatic rings. The number of likely N-dealkylation sites (tertiary alicyclic amines) is 1. The minimum Gasteiger partial charge on any atom is -0.497 e. The van der Waals surface area contributed by atoms with Crippen molar-refractivity contribution in [1.29, 1.82) is 0 Å². The summed E-state index contributed by atoms with van der Waals surface area (Å²) in [5, 5.41) is 10.4. The average Bonchev–Trinajstić information content (AvgIpc) is 3.33. The van der Waals surface area contributed by atoms with Crippen molar-refractivity contribution in [2.75, 3.05) is 31.6 Å². The standard InChI is InChI=1S/C20H24N4O3S/c1-13-21-22-19(28-13)14-7-9-23(10-8-14)20(26)15-11-18(25)24(12-15)16-3-5-17(27-2)6-4-16/h3-6,14-15H,7-12H2,1-2H3/t15-/m0/s1. The molecule has 8 heteroatoms. The highest BCUT2D eigenvalue weighted by Gasteiger charge is 2.38. The Hall–Kier alpha value is -2.48. The maximum atomic E-state index is 13.0. The number of aromatic nitrogens is 2. The molecule has 1 aromatic carbocycles. The van der Waals surface area contributed by atoms with Gasteiger partial charge in [0, 0.05) is 37.7 Å². The SMILES string of the molecule is COc1ccc(N2C[C@@H](C(=O)N3CCC(c4nnc(C)s4)CC3)CC2=O)cc1. The third-order valence-electron chi connectivity index (χ3n) is 5.56. The van der Waals surface area contributed by atoms with Crippen molar-refractivity contribution in [3.63, 3.8) is 0 Å². The van der Waals surface area contributed by atoms with Crippen LogP contribution in [0.3, 0.4) is 0 Å². The summed E-state index contributed by atoms with van der Waals surface area (Å²) in [6, 6.07) is 7.38. The van der Waals surface area contributed by atoms with E-state index in [1.54, 1.807) is 23.3 Å². The van der Waals surface area contributed by atoms with E-state index >= 15 is 0 Å². The molecular formula is C20H24N4O3S. The summed E-state index contributed by atoms with van der Waals surface area (Å²) in [5.41, 5.74) is 0.812. The molecule has 2 fully saturated rings. The predicted molar refractivity (Wildman–Crippen MR) is 107 cm³/mol. The number of anilines is 1. The fourth-order valence-corrected chi connectivity index (χ4v) is 4.83. The van der Waals surface area contributed by atoms with E-state index in [0.29, 0.717) is 12.5 Å². The topological polar surface area (TPSA) is 75.6 Å². The summed E-state index contributed by atoms with van der Waals surface area (Å²) >= 11 is 1.64. The number of nitrogens with zero attached hydrogens (tertiary/aromatic N) is 4. The van der Waals surface area contributed by atoms with Gasteiger partial charge in [-0.15, -0.1) is 21.5 Å². The fourth-order valence-electron chi connectivity index (χ4n) is 3.97. The van der Waals surface area contributed by atoms with E-state index < -0.39 is 0 Å². The van der Waals surface area contributed by atoms with Crippen molar-refractivity contribution >= 4 is 28.8 Å². The van der Waals surface area contributed by atoms with E-state index in [-0.39, 0.29) is 24.2 Å². The van der Waals surface area contributed by atoms with E-state index in [9.17, 15) is 9.59 Å². The van der Waals surface area contributed by atoms with Crippen LogP contribution in [0.5, 0.6) is 5.75 Å². The van der Waals surface area contributed by atoms with Crippen LogP contribution in [-0.4, -0.2) is 53.7 Å². The Labute approximate surface area is 168 Å². The Bertz CT molecular complexity index is 859. The Balaban J connectivity index is 1.36. The minimum atomic E-state index is -0.269. The van der Waals surface area contributed by atoms with Crippen LogP contribution in [0.1, 0.15) is 35.2 Å². The molecule has 28 heavy (non-hydrogen) atoms. The molecule has 1 atom stereocenters. The first-order valence-electron chi connectivity index (χ1n) is 9.58. The van der Waals surface area contributed by atoms with E-state index in [4.69, 9.17) is 4.74 Å². The van der Waals surface area contributed by atoms with Crippen LogP contribution < -0.4 is 9.64 Å². The highest BCUT2D eigenvalue weighted by molar-refractivity contribution is 7.11. The van der Waals surface area contributed by atoms with Gasteiger partial charge in [0.05, 0.1) is 13.0 Å². The molecule has 2 amide bonds. The zero-order chi connectivity index (χ0) is 19.7. The molecule has 7 nitrogen and oxygen atoms in total. The smallest absolute Gasteiger partial charge is 0.228 e. The molecule has 0 saturated carbocycles. The van der Waals surface area contributed by atoms with Crippen molar-refractivity contribution in [2.45, 2.75) is 32.1 Å². The Morgan fingerprint density at radius 2 is 1.89 bits per heavy atom. The number of ether oxygens (including phenoxy) is 1. The van der Waals surface area contributed by atoms with E-state index in [1.165, 1.54) is 0 Å². The number of hydrogen-bond acceptors (Lipinski definition) is 6. The number of aryl methyl sites for hydroxylation is 1. The predicted octanol–water partition coefficient (Wildman–Crippen LogP) is 2.61. The Morgan fingerprint density at radius 1 is 1.18 bits per heavy atom. The maximum absolute atomic E-state index is 13.0. The quantitative estimate of drug-likeness (QED) is 0.789. The summed E-state index contributed by atoms with van der Waals surface area (Å²) in [6.45, 7) is 3.84. The first kappa shape index (κ1) is 18.9. The number of hydrogen-bond donors (Lipinski definition) is 0. The van der Waals surface area contributed by atoms with Gasteiger partial charge >= 0.3 is 0 Å². The van der Waals surface area contributed by atoms with E-state index in [0.717, 1.165) is 47.4 Å². The Kier molecular flexibility index (Phi) is 5.30. The van der Waals surface area contributed by atoms with Crippen molar-refractivity contribution in [3.05, 3.63) is 34.3 Å². The highest BCUT2D eigenvalue weighted by atomic mass is 32.1. The second kappa shape index (κ2) is 7.87. The zero-order valence-corrected chi connectivity index (χ0v) is 16.9. The average molecular weight is 401 g/mol. The lowest BCUT2D eigenvalue weighted by molar-refractivity contribution is -0.136. The van der Waals surface area contributed by atoms with Crippen LogP contribution in [0, 0.1) is 12.8 Å². The highest BCUT2D eigenvalue weighted by Crippen LogP contribution is 2.32. The van der Waals surface area contributed by atoms with Gasteiger partial charge in [0.25, 0.3) is 0 Å². The van der Waals surface area contributed by atoms with Gasteiger partial charge in [0.15, 0.2) is 0 Å². The third-order valence-corrected chi connectivity index (χ3v) is 6.56. The molecule has 0 aliphatic carbocycles. The zero-order valence-electron chi connectivity index (χ0n) is 16.1. The summed E-state index contributed by atoms with van der Waals surface area (Å²) < 4.78 is 5.17. The molecule has 0 radical (unpaired) electrons. The van der Waals surface area contributed by atoms with Crippen molar-refractivity contribution in [2.24, 2.45) is 5.92 Å². The summed E-state index contributed by atoms with van der Waals surface area (Å²) in [6.07, 6.45) is 2.09. The maximum Gasteiger partial charge on any atom is 0.228 e. The third kappa shape index (κ3) is 3.73. The van der Waals surface area contributed by atoms with Gasteiger partial charge in [-0.05, 0) is 44.0 Å². The fraction of sp³-hybridized carbons (Fsp3) is 0.500. The van der Waals surface area contributed by atoms with Crippen LogP contribution in [0.25, 0.3) is 0 Å². The van der Waals surface area contributed by atoms with Crippen molar-refractivity contribution in [1.82, 2.24) is 15.1 Å². The van der Waals surface area contributed by atoms with Crippen molar-refractivity contribution in [3.8, 4) is 5.75 Å². The molecule has 0 bridgehead atoms. The molecular weight excluding hydrogens is 376 g/mol. The second-order valence-corrected chi connectivity index (χ2v) is 8.58. The molecule has 2 aliphatic heterocycles. The van der Waals surface area contributed by atoms with E-state index in [2.05, 4.69) is 10.2 Å². The number of carbonyl (C=O) groups excluding carboxylic acids is 2. The van der Waals surface area contributed by atoms with Crippen molar-refractivity contribution < 1.29 is 14.3 Å². The molecule has 0 N–H and O–H groups in total. The molecule has 148 valence electrons. The molecule has 1 aromatic heterocycles. The lowest BCUT2D eigenvalue weighted by Gasteiger charge is -2.32. The molecule has 0 unspecified atom stereocenters. The first-order valence-corrected chi connectivity index (χ1v) is 10.4. The van der Waals surface area contributed by atoms with Gasteiger partial charge in [0.1, 0.15) is 15.8 Å². The number of piperidine rings is 1. The normalized spacial score (nSPS) is 20.6. The van der Waals surface area contributed by atoms with Gasteiger partial charge in [0.2, 0.25) is 11.8 Å². The Morgan fingerprint density at radius 3 is 2.50 bits per heavy atom. The minimum absolute atomic E-state index is 0.00254. The van der Waals surface area contributed by atoms with E-state index in [1.807, 2.05) is 36.1 Å². The van der Waals surface area contributed by atoms with Gasteiger partial charge in [-0.3, -0.25) is 9.59 Å². The largest absolute Gasteiger partial charge is 0.497 e. The number of carbonyl (C=O) groups is 2. The monoisotopic (exact) mass is 400 g/mol. The van der Waals surface area contributed by atoms with Crippen LogP contribution in [-0.2, 0) is 9.59 Å². The molecule has 2 aliphatic rings. The van der Waals surface area contributed by atoms with Crippen LogP contribution in [0.4, 0.5) is 5.69 Å². The molecule has 2 saturated heterocycles. The van der Waals surface area contributed by atoms with Gasteiger partial charge in [-0.25, -0.2) is 0 Å². The number of amides is 2. The second-order valence-electron chi connectivity index (χ2n) is 7.36. The van der Waals surface area contributed by atoms with Crippen LogP contribution in [0.15, 0.2) is 24.3 Å². The van der Waals surface area contributed by atoms with Crippen LogP contribution >= 0.6 is 11.3 Å².